The van der Waals surface area contributed by atoms with Crippen LogP contribution in [-0.4, -0.2) is 35.5 Å². The zero-order chi connectivity index (χ0) is 17.1. The zero-order valence-corrected chi connectivity index (χ0v) is 14.5. The summed E-state index contributed by atoms with van der Waals surface area (Å²) in [7, 11) is 0. The first-order valence-electron chi connectivity index (χ1n) is 7.38. The predicted molar refractivity (Wildman–Crippen MR) is 89.0 cm³/mol. The minimum atomic E-state index is -1.07. The summed E-state index contributed by atoms with van der Waals surface area (Å²) in [5, 5.41) is 11.7. The Labute approximate surface area is 143 Å². The second-order valence-electron chi connectivity index (χ2n) is 5.95. The summed E-state index contributed by atoms with van der Waals surface area (Å²) >= 11 is 3.36. The molecule has 2 N–H and O–H groups in total. The highest BCUT2D eigenvalue weighted by Crippen LogP contribution is 2.27. The Balaban J connectivity index is 2.07. The molecular weight excluding hydrogens is 364 g/mol. The third-order valence-electron chi connectivity index (χ3n) is 3.85. The largest absolute Gasteiger partial charge is 0.480 e. The highest BCUT2D eigenvalue weighted by Gasteiger charge is 2.37. The van der Waals surface area contributed by atoms with E-state index in [1.165, 1.54) is 0 Å². The number of hydrogen-bond acceptors (Lipinski definition) is 3. The first-order chi connectivity index (χ1) is 10.8. The fourth-order valence-electron chi connectivity index (χ4n) is 2.56. The van der Waals surface area contributed by atoms with Crippen LogP contribution in [0.2, 0.25) is 0 Å². The van der Waals surface area contributed by atoms with Gasteiger partial charge in [-0.1, -0.05) is 35.8 Å². The Hall–Kier alpha value is -1.89. The second-order valence-corrected chi connectivity index (χ2v) is 6.87. The van der Waals surface area contributed by atoms with Crippen molar-refractivity contribution in [3.05, 3.63) is 28.7 Å². The number of halogens is 1. The van der Waals surface area contributed by atoms with Gasteiger partial charge in [0.15, 0.2) is 0 Å². The molecule has 7 heteroatoms. The number of nitrogens with zero attached hydrogens (tertiary/aromatic N) is 1. The number of anilines is 1. The number of carbonyl (C=O) groups is 3. The van der Waals surface area contributed by atoms with E-state index in [0.717, 1.165) is 10.2 Å². The van der Waals surface area contributed by atoms with Crippen molar-refractivity contribution in [3.63, 3.8) is 0 Å². The minimum Gasteiger partial charge on any atom is -0.480 e. The SMILES string of the molecule is CC(C)[C@H](NC(=O)C1CC(=O)N(c2cccc(Br)c2)C1)C(=O)O. The van der Waals surface area contributed by atoms with E-state index in [1.54, 1.807) is 24.8 Å². The van der Waals surface area contributed by atoms with Gasteiger partial charge in [0, 0.05) is 23.1 Å². The first-order valence-corrected chi connectivity index (χ1v) is 8.18. The molecule has 0 saturated carbocycles. The van der Waals surface area contributed by atoms with Crippen molar-refractivity contribution < 1.29 is 19.5 Å². The Morgan fingerprint density at radius 1 is 1.39 bits per heavy atom. The number of aliphatic carboxylic acids is 1. The lowest BCUT2D eigenvalue weighted by Gasteiger charge is -2.20. The van der Waals surface area contributed by atoms with Gasteiger partial charge in [-0.25, -0.2) is 4.79 Å². The third kappa shape index (κ3) is 4.10. The van der Waals surface area contributed by atoms with Crippen LogP contribution in [0.4, 0.5) is 5.69 Å². The van der Waals surface area contributed by atoms with Crippen LogP contribution < -0.4 is 10.2 Å². The molecule has 0 aliphatic carbocycles. The molecule has 1 saturated heterocycles. The quantitative estimate of drug-likeness (QED) is 0.815. The molecule has 0 radical (unpaired) electrons. The summed E-state index contributed by atoms with van der Waals surface area (Å²) in [5.74, 6) is -2.37. The van der Waals surface area contributed by atoms with Crippen molar-refractivity contribution in [1.82, 2.24) is 5.32 Å². The number of amides is 2. The summed E-state index contributed by atoms with van der Waals surface area (Å²) in [6.45, 7) is 3.71. The molecule has 2 atom stereocenters. The van der Waals surface area contributed by atoms with Crippen LogP contribution in [0.1, 0.15) is 20.3 Å². The lowest BCUT2D eigenvalue weighted by molar-refractivity contribution is -0.143. The van der Waals surface area contributed by atoms with Crippen LogP contribution >= 0.6 is 15.9 Å². The molecule has 1 heterocycles. The molecule has 1 aliphatic rings. The molecule has 124 valence electrons. The van der Waals surface area contributed by atoms with Crippen LogP contribution in [-0.2, 0) is 14.4 Å². The van der Waals surface area contributed by atoms with Crippen molar-refractivity contribution in [1.29, 1.82) is 0 Å². The van der Waals surface area contributed by atoms with Gasteiger partial charge in [0.1, 0.15) is 6.04 Å². The van der Waals surface area contributed by atoms with Gasteiger partial charge >= 0.3 is 5.97 Å². The van der Waals surface area contributed by atoms with Gasteiger partial charge in [-0.15, -0.1) is 0 Å². The molecule has 0 aromatic heterocycles. The van der Waals surface area contributed by atoms with E-state index >= 15 is 0 Å². The van der Waals surface area contributed by atoms with Crippen LogP contribution in [0.3, 0.4) is 0 Å². The maximum atomic E-state index is 12.3. The Bertz CT molecular complexity index is 632. The summed E-state index contributed by atoms with van der Waals surface area (Å²) in [6, 6.07) is 6.34. The Morgan fingerprint density at radius 3 is 2.65 bits per heavy atom. The van der Waals surface area contributed by atoms with Crippen molar-refractivity contribution in [2.24, 2.45) is 11.8 Å². The van der Waals surface area contributed by atoms with E-state index < -0.39 is 23.8 Å². The standard InChI is InChI=1S/C16H19BrN2O4/c1-9(2)14(16(22)23)18-15(21)10-6-13(20)19(8-10)12-5-3-4-11(17)7-12/h3-5,7,9-10,14H,6,8H2,1-2H3,(H,18,21)(H,22,23)/t10?,14-/m0/s1. The molecular formula is C16H19BrN2O4. The lowest BCUT2D eigenvalue weighted by atomic mass is 10.0. The maximum Gasteiger partial charge on any atom is 0.326 e. The molecule has 1 aliphatic heterocycles. The van der Waals surface area contributed by atoms with Crippen LogP contribution in [0.15, 0.2) is 28.7 Å². The number of carboxylic acid groups (broad SMARTS) is 1. The average molecular weight is 383 g/mol. The third-order valence-corrected chi connectivity index (χ3v) is 4.34. The number of carboxylic acids is 1. The zero-order valence-electron chi connectivity index (χ0n) is 13.0. The lowest BCUT2D eigenvalue weighted by Crippen LogP contribution is -2.47. The monoisotopic (exact) mass is 382 g/mol. The summed E-state index contributed by atoms with van der Waals surface area (Å²) in [5.41, 5.74) is 0.721. The molecule has 1 aromatic rings. The van der Waals surface area contributed by atoms with Gasteiger partial charge < -0.3 is 15.3 Å². The van der Waals surface area contributed by atoms with E-state index in [-0.39, 0.29) is 24.8 Å². The van der Waals surface area contributed by atoms with Crippen LogP contribution in [0, 0.1) is 11.8 Å². The molecule has 1 aromatic carbocycles. The van der Waals surface area contributed by atoms with Gasteiger partial charge in [-0.3, -0.25) is 9.59 Å². The number of rotatable bonds is 5. The second kappa shape index (κ2) is 7.12. The predicted octanol–water partition coefficient (Wildman–Crippen LogP) is 2.03. The van der Waals surface area contributed by atoms with E-state index in [1.807, 2.05) is 18.2 Å². The molecule has 0 bridgehead atoms. The fourth-order valence-corrected chi connectivity index (χ4v) is 2.95. The topological polar surface area (TPSA) is 86.7 Å². The van der Waals surface area contributed by atoms with Crippen molar-refractivity contribution in [2.75, 3.05) is 11.4 Å². The highest BCUT2D eigenvalue weighted by molar-refractivity contribution is 9.10. The van der Waals surface area contributed by atoms with Crippen molar-refractivity contribution in [2.45, 2.75) is 26.3 Å². The fraction of sp³-hybridized carbons (Fsp3) is 0.438. The molecule has 23 heavy (non-hydrogen) atoms. The van der Waals surface area contributed by atoms with E-state index in [2.05, 4.69) is 21.2 Å². The van der Waals surface area contributed by atoms with Gasteiger partial charge in [-0.2, -0.15) is 0 Å². The summed E-state index contributed by atoms with van der Waals surface area (Å²) in [4.78, 5) is 37.2. The van der Waals surface area contributed by atoms with E-state index in [4.69, 9.17) is 5.11 Å². The van der Waals surface area contributed by atoms with E-state index in [9.17, 15) is 14.4 Å². The first kappa shape index (κ1) is 17.5. The summed E-state index contributed by atoms with van der Waals surface area (Å²) in [6.07, 6.45) is 0.0861. The molecule has 2 amide bonds. The van der Waals surface area contributed by atoms with Gasteiger partial charge in [0.05, 0.1) is 5.92 Å². The Kier molecular flexibility index (Phi) is 5.41. The van der Waals surface area contributed by atoms with Crippen LogP contribution in [0.25, 0.3) is 0 Å². The normalized spacial score (nSPS) is 19.0. The van der Waals surface area contributed by atoms with Crippen molar-refractivity contribution in [3.8, 4) is 0 Å². The van der Waals surface area contributed by atoms with Gasteiger partial charge in [0.25, 0.3) is 0 Å². The minimum absolute atomic E-state index is 0.0861. The number of carbonyl (C=O) groups excluding carboxylic acids is 2. The Morgan fingerprint density at radius 2 is 2.09 bits per heavy atom. The highest BCUT2D eigenvalue weighted by atomic mass is 79.9. The average Bonchev–Trinajstić information content (AvgIpc) is 2.86. The molecule has 0 spiro atoms. The smallest absolute Gasteiger partial charge is 0.326 e. The van der Waals surface area contributed by atoms with Gasteiger partial charge in [-0.05, 0) is 24.1 Å². The van der Waals surface area contributed by atoms with Gasteiger partial charge in [0.2, 0.25) is 11.8 Å². The number of nitrogens with one attached hydrogen (secondary N) is 1. The molecule has 1 fully saturated rings. The molecule has 6 nitrogen and oxygen atoms in total. The molecule has 1 unspecified atom stereocenters. The maximum absolute atomic E-state index is 12.3. The van der Waals surface area contributed by atoms with Crippen molar-refractivity contribution >= 4 is 39.4 Å². The van der Waals surface area contributed by atoms with Crippen LogP contribution in [0.5, 0.6) is 0 Å². The number of hydrogen-bond donors (Lipinski definition) is 2. The number of benzene rings is 1. The van der Waals surface area contributed by atoms with E-state index in [0.29, 0.717) is 0 Å². The summed E-state index contributed by atoms with van der Waals surface area (Å²) < 4.78 is 0.849. The molecule has 2 rings (SSSR count).